The van der Waals surface area contributed by atoms with Gasteiger partial charge in [-0.1, -0.05) is 152 Å². The Bertz CT molecular complexity index is 1330. The number of unbranched alkanes of at least 4 members (excludes halogenated alkanes) is 17. The van der Waals surface area contributed by atoms with Gasteiger partial charge in [-0.05, 0) is 77.0 Å². The third-order valence-corrected chi connectivity index (χ3v) is 11.8. The largest absolute Gasteiger partial charge is 0.472 e. The van der Waals surface area contributed by atoms with Crippen LogP contribution in [0.4, 0.5) is 0 Å². The Morgan fingerprint density at radius 3 is 1.38 bits per heavy atom. The van der Waals surface area contributed by atoms with Crippen molar-refractivity contribution in [1.82, 2.24) is 0 Å². The van der Waals surface area contributed by atoms with Crippen molar-refractivity contribution in [2.75, 3.05) is 13.2 Å². The van der Waals surface area contributed by atoms with Gasteiger partial charge in [0.15, 0.2) is 6.10 Å². The summed E-state index contributed by atoms with van der Waals surface area (Å²) in [5.41, 5.74) is 0. The van der Waals surface area contributed by atoms with Gasteiger partial charge in [-0.15, -0.1) is 0 Å². The van der Waals surface area contributed by atoms with Crippen LogP contribution in [0.5, 0.6) is 0 Å². The number of aliphatic hydroxyl groups excluding tert-OH is 5. The Labute approximate surface area is 379 Å². The molecule has 1 fully saturated rings. The first-order valence-electron chi connectivity index (χ1n) is 24.1. The molecule has 0 saturated heterocycles. The molecule has 6 unspecified atom stereocenters. The summed E-state index contributed by atoms with van der Waals surface area (Å²) in [5, 5.41) is 50.2. The summed E-state index contributed by atoms with van der Waals surface area (Å²) in [7, 11) is -5.13. The fourth-order valence-corrected chi connectivity index (χ4v) is 7.87. The zero-order valence-corrected chi connectivity index (χ0v) is 39.5. The highest BCUT2D eigenvalue weighted by atomic mass is 31.2. The van der Waals surface area contributed by atoms with Crippen LogP contribution in [0.1, 0.15) is 181 Å². The van der Waals surface area contributed by atoms with E-state index in [1.807, 2.05) is 0 Å². The van der Waals surface area contributed by atoms with Crippen LogP contribution in [0.15, 0.2) is 60.8 Å². The maximum atomic E-state index is 12.8. The van der Waals surface area contributed by atoms with Crippen LogP contribution in [-0.2, 0) is 32.7 Å². The Balaban J connectivity index is 2.47. The zero-order chi connectivity index (χ0) is 46.4. The monoisotopic (exact) mass is 913 g/mol. The van der Waals surface area contributed by atoms with Crippen LogP contribution in [0.2, 0.25) is 0 Å². The highest BCUT2D eigenvalue weighted by molar-refractivity contribution is 7.47. The Kier molecular flexibility index (Phi) is 36.1. The fourth-order valence-electron chi connectivity index (χ4n) is 6.90. The quantitative estimate of drug-likeness (QED) is 0.0147. The summed E-state index contributed by atoms with van der Waals surface area (Å²) in [4.78, 5) is 35.7. The van der Waals surface area contributed by atoms with Crippen molar-refractivity contribution in [3.05, 3.63) is 60.8 Å². The van der Waals surface area contributed by atoms with E-state index in [4.69, 9.17) is 18.5 Å². The topological polar surface area (TPSA) is 210 Å². The minimum absolute atomic E-state index is 0.0848. The lowest BCUT2D eigenvalue weighted by atomic mass is 9.85. The summed E-state index contributed by atoms with van der Waals surface area (Å²) >= 11 is 0. The second-order valence-electron chi connectivity index (χ2n) is 16.6. The number of hydrogen-bond donors (Lipinski definition) is 6. The van der Waals surface area contributed by atoms with Crippen molar-refractivity contribution >= 4 is 19.8 Å². The normalized spacial score (nSPS) is 22.2. The summed E-state index contributed by atoms with van der Waals surface area (Å²) in [6.45, 7) is 3.21. The van der Waals surface area contributed by atoms with Crippen LogP contribution in [0.3, 0.4) is 0 Å². The zero-order valence-electron chi connectivity index (χ0n) is 38.6. The van der Waals surface area contributed by atoms with E-state index in [1.165, 1.54) is 64.2 Å². The van der Waals surface area contributed by atoms with E-state index in [2.05, 4.69) is 74.6 Å². The van der Waals surface area contributed by atoms with E-state index < -0.39 is 75.7 Å². The minimum Gasteiger partial charge on any atom is -0.462 e. The van der Waals surface area contributed by atoms with E-state index in [1.54, 1.807) is 0 Å². The number of aliphatic hydroxyl groups is 5. The standard InChI is InChI=1S/C49H85O13P/c1-3-5-7-9-11-13-15-17-19-20-21-22-24-25-27-29-31-33-35-37-42(50)59-39-41(40-60-63(57,58)62-49-47(55)45(53)44(52)46(54)48(49)56)61-43(51)38-36-34-32-30-28-26-23-18-16-14-12-10-8-6-4-2/h10-13,17,19,21-22,25,27,41,44-49,52-56H,3-9,14-16,18,20,23-24,26,28-40H2,1-2H3,(H,57,58)/b12-10+,13-11+,19-17+,22-21+,27-25+/t41-,44?,45-,46?,47?,48?,49?/m0/s1. The highest BCUT2D eigenvalue weighted by Gasteiger charge is 2.51. The van der Waals surface area contributed by atoms with E-state index in [-0.39, 0.29) is 12.8 Å². The molecule has 0 spiro atoms. The number of carbonyl (C=O) groups is 2. The molecule has 1 aliphatic carbocycles. The molecule has 13 nitrogen and oxygen atoms in total. The number of hydrogen-bond acceptors (Lipinski definition) is 12. The van der Waals surface area contributed by atoms with Crippen LogP contribution < -0.4 is 0 Å². The Morgan fingerprint density at radius 2 is 0.873 bits per heavy atom. The molecule has 364 valence electrons. The number of esters is 2. The molecule has 1 aliphatic rings. The first kappa shape index (κ1) is 58.6. The highest BCUT2D eigenvalue weighted by Crippen LogP contribution is 2.47. The molecule has 14 heteroatoms. The van der Waals surface area contributed by atoms with Gasteiger partial charge in [-0.2, -0.15) is 0 Å². The van der Waals surface area contributed by atoms with E-state index in [9.17, 15) is 44.6 Å². The second kappa shape index (κ2) is 38.8. The molecule has 1 rings (SSSR count). The van der Waals surface area contributed by atoms with Crippen molar-refractivity contribution in [3.63, 3.8) is 0 Å². The van der Waals surface area contributed by atoms with E-state index in [0.29, 0.717) is 12.8 Å². The number of ether oxygens (including phenoxy) is 2. The van der Waals surface area contributed by atoms with E-state index in [0.717, 1.165) is 77.0 Å². The van der Waals surface area contributed by atoms with Gasteiger partial charge in [0.2, 0.25) is 0 Å². The van der Waals surface area contributed by atoms with Crippen molar-refractivity contribution in [2.24, 2.45) is 0 Å². The molecule has 1 saturated carbocycles. The molecule has 0 heterocycles. The third-order valence-electron chi connectivity index (χ3n) is 10.8. The first-order chi connectivity index (χ1) is 30.4. The maximum Gasteiger partial charge on any atom is 0.472 e. The molecule has 0 aromatic carbocycles. The van der Waals surface area contributed by atoms with Gasteiger partial charge < -0.3 is 39.9 Å². The van der Waals surface area contributed by atoms with Crippen LogP contribution in [0, 0.1) is 0 Å². The smallest absolute Gasteiger partial charge is 0.462 e. The molecule has 0 radical (unpaired) electrons. The summed E-state index contributed by atoms with van der Waals surface area (Å²) in [6, 6.07) is 0. The Morgan fingerprint density at radius 1 is 0.492 bits per heavy atom. The molecule has 63 heavy (non-hydrogen) atoms. The molecule has 6 N–H and O–H groups in total. The van der Waals surface area contributed by atoms with Gasteiger partial charge >= 0.3 is 19.8 Å². The minimum atomic E-state index is -5.13. The second-order valence-corrected chi connectivity index (χ2v) is 18.0. The van der Waals surface area contributed by atoms with Crippen molar-refractivity contribution < 1.29 is 63.1 Å². The average Bonchev–Trinajstić information content (AvgIpc) is 3.26. The summed E-state index contributed by atoms with van der Waals surface area (Å²) < 4.78 is 33.5. The predicted molar refractivity (Wildman–Crippen MR) is 249 cm³/mol. The van der Waals surface area contributed by atoms with Gasteiger partial charge in [0.05, 0.1) is 6.61 Å². The third kappa shape index (κ3) is 31.2. The lowest BCUT2D eigenvalue weighted by Crippen LogP contribution is -2.64. The molecule has 0 amide bonds. The van der Waals surface area contributed by atoms with Gasteiger partial charge in [0.1, 0.15) is 43.2 Å². The number of phosphoric ester groups is 1. The van der Waals surface area contributed by atoms with Crippen molar-refractivity contribution in [3.8, 4) is 0 Å². The molecular formula is C49H85O13P. The molecule has 8 atom stereocenters. The average molecular weight is 913 g/mol. The summed E-state index contributed by atoms with van der Waals surface area (Å²) in [5.74, 6) is -1.14. The molecule has 0 aromatic heterocycles. The SMILES string of the molecule is CCCC/C=C/CCCCCCCCCCCC(=O)O[C@@H](COC(=O)CCCCC/C=C/C/C=C/C/C=C/C/C=C/CCCCC)COP(=O)(O)OC1C(O)C(O)C(O)[C@H](O)C1O. The van der Waals surface area contributed by atoms with Gasteiger partial charge in [-0.25, -0.2) is 4.57 Å². The Hall–Kier alpha value is -2.45. The lowest BCUT2D eigenvalue weighted by Gasteiger charge is -2.41. The maximum absolute atomic E-state index is 12.8. The van der Waals surface area contributed by atoms with Crippen LogP contribution in [-0.4, -0.2) is 98.3 Å². The van der Waals surface area contributed by atoms with Gasteiger partial charge in [0.25, 0.3) is 0 Å². The predicted octanol–water partition coefficient (Wildman–Crippen LogP) is 9.73. The van der Waals surface area contributed by atoms with Crippen molar-refractivity contribution in [2.45, 2.75) is 224 Å². The number of allylic oxidation sites excluding steroid dienone is 10. The van der Waals surface area contributed by atoms with Crippen molar-refractivity contribution in [1.29, 1.82) is 0 Å². The summed E-state index contributed by atoms with van der Waals surface area (Å²) in [6.07, 6.45) is 34.1. The fraction of sp³-hybridized carbons (Fsp3) is 0.755. The van der Waals surface area contributed by atoms with E-state index >= 15 is 0 Å². The molecule has 0 aliphatic heterocycles. The van der Waals surface area contributed by atoms with Crippen LogP contribution >= 0.6 is 7.82 Å². The number of phosphoric acid groups is 1. The van der Waals surface area contributed by atoms with Crippen LogP contribution in [0.25, 0.3) is 0 Å². The van der Waals surface area contributed by atoms with Gasteiger partial charge in [0, 0.05) is 12.8 Å². The number of carbonyl (C=O) groups excluding carboxylic acids is 2. The molecule has 0 aromatic rings. The number of rotatable bonds is 39. The first-order valence-corrected chi connectivity index (χ1v) is 25.6. The molecule has 0 bridgehead atoms. The lowest BCUT2D eigenvalue weighted by molar-refractivity contribution is -0.220. The van der Waals surface area contributed by atoms with Gasteiger partial charge in [-0.3, -0.25) is 18.6 Å². The molecular weight excluding hydrogens is 828 g/mol.